The summed E-state index contributed by atoms with van der Waals surface area (Å²) >= 11 is 0. The van der Waals surface area contributed by atoms with Gasteiger partial charge in [0.05, 0.1) is 11.5 Å². The van der Waals surface area contributed by atoms with Crippen LogP contribution in [0.5, 0.6) is 0 Å². The second-order valence-electron chi connectivity index (χ2n) is 8.69. The number of piperazine rings is 1. The van der Waals surface area contributed by atoms with Gasteiger partial charge in [-0.2, -0.15) is 13.2 Å². The Kier molecular flexibility index (Phi) is 5.16. The molecule has 1 aromatic rings. The van der Waals surface area contributed by atoms with Crippen LogP contribution in [0.4, 0.5) is 19.0 Å². The Bertz CT molecular complexity index is 835. The van der Waals surface area contributed by atoms with E-state index in [1.165, 1.54) is 17.2 Å². The number of hydrogen-bond donors (Lipinski definition) is 1. The van der Waals surface area contributed by atoms with Crippen LogP contribution in [0.1, 0.15) is 24.8 Å². The summed E-state index contributed by atoms with van der Waals surface area (Å²) < 4.78 is 39.9. The molecule has 4 rings (SSSR count). The van der Waals surface area contributed by atoms with Crippen molar-refractivity contribution in [2.45, 2.75) is 31.5 Å². The standard InChI is InChI=1S/C20H25F3N4O3/c1-25-12-19(4-5-19)11-13(18(29)30)15(25)17(28)27-9-7-26(8-10-27)16-14(20(21,22)23)3-2-6-24-16/h2-3,6,13,15H,4-5,7-12H2,1H3,(H,29,30). The number of halogens is 3. The van der Waals surface area contributed by atoms with Crippen LogP contribution in [-0.2, 0) is 15.8 Å². The monoisotopic (exact) mass is 426 g/mol. The van der Waals surface area contributed by atoms with Crippen LogP contribution >= 0.6 is 0 Å². The van der Waals surface area contributed by atoms with E-state index in [-0.39, 0.29) is 43.3 Å². The maximum atomic E-state index is 13.3. The van der Waals surface area contributed by atoms with Crippen LogP contribution in [-0.4, -0.2) is 77.6 Å². The third kappa shape index (κ3) is 3.84. The molecule has 2 atom stereocenters. The number of amides is 1. The third-order valence-corrected chi connectivity index (χ3v) is 6.60. The average Bonchev–Trinajstić information content (AvgIpc) is 3.44. The van der Waals surface area contributed by atoms with Crippen molar-refractivity contribution in [3.63, 3.8) is 0 Å². The number of likely N-dealkylation sites (tertiary alicyclic amines) is 1. The van der Waals surface area contributed by atoms with Crippen LogP contribution in [0.3, 0.4) is 0 Å². The molecule has 0 bridgehead atoms. The zero-order valence-electron chi connectivity index (χ0n) is 16.7. The minimum Gasteiger partial charge on any atom is -0.481 e. The lowest BCUT2D eigenvalue weighted by Gasteiger charge is -2.44. The van der Waals surface area contributed by atoms with E-state index in [0.717, 1.165) is 18.9 Å². The molecule has 1 saturated carbocycles. The highest BCUT2D eigenvalue weighted by molar-refractivity contribution is 5.88. The fourth-order valence-corrected chi connectivity index (χ4v) is 4.90. The smallest absolute Gasteiger partial charge is 0.419 e. The first-order valence-corrected chi connectivity index (χ1v) is 10.1. The van der Waals surface area contributed by atoms with Gasteiger partial charge in [0, 0.05) is 38.9 Å². The Morgan fingerprint density at radius 2 is 1.87 bits per heavy atom. The summed E-state index contributed by atoms with van der Waals surface area (Å²) in [5, 5.41) is 9.71. The quantitative estimate of drug-likeness (QED) is 0.796. The number of carbonyl (C=O) groups is 2. The van der Waals surface area contributed by atoms with Gasteiger partial charge in [-0.3, -0.25) is 14.5 Å². The van der Waals surface area contributed by atoms with Gasteiger partial charge in [0.2, 0.25) is 5.91 Å². The zero-order valence-corrected chi connectivity index (χ0v) is 16.7. The molecule has 3 fully saturated rings. The van der Waals surface area contributed by atoms with Crippen molar-refractivity contribution >= 4 is 17.7 Å². The minimum absolute atomic E-state index is 0.0280. The molecule has 1 aromatic heterocycles. The first-order valence-electron chi connectivity index (χ1n) is 10.1. The van der Waals surface area contributed by atoms with Crippen molar-refractivity contribution in [3.05, 3.63) is 23.9 Å². The summed E-state index contributed by atoms with van der Waals surface area (Å²) in [7, 11) is 1.79. The number of carboxylic acids is 1. The van der Waals surface area contributed by atoms with Gasteiger partial charge in [-0.05, 0) is 43.9 Å². The normalized spacial score (nSPS) is 26.7. The number of nitrogens with zero attached hydrogens (tertiary/aromatic N) is 4. The number of anilines is 1. The van der Waals surface area contributed by atoms with Crippen molar-refractivity contribution in [2.75, 3.05) is 44.7 Å². The molecule has 2 unspecified atom stereocenters. The molecule has 164 valence electrons. The van der Waals surface area contributed by atoms with Gasteiger partial charge >= 0.3 is 12.1 Å². The maximum Gasteiger partial charge on any atom is 0.419 e. The number of carboxylic acid groups (broad SMARTS) is 1. The number of piperidine rings is 1. The average molecular weight is 426 g/mol. The summed E-state index contributed by atoms with van der Waals surface area (Å²) in [5.74, 6) is -2.11. The zero-order chi connectivity index (χ0) is 21.7. The first-order chi connectivity index (χ1) is 14.1. The van der Waals surface area contributed by atoms with Gasteiger partial charge in [0.1, 0.15) is 11.9 Å². The molecule has 3 aliphatic rings. The summed E-state index contributed by atoms with van der Waals surface area (Å²) in [6, 6.07) is 1.52. The molecule has 7 nitrogen and oxygen atoms in total. The van der Waals surface area contributed by atoms with Crippen molar-refractivity contribution in [1.82, 2.24) is 14.8 Å². The highest BCUT2D eigenvalue weighted by Crippen LogP contribution is 2.54. The van der Waals surface area contributed by atoms with Gasteiger partial charge in [0.15, 0.2) is 0 Å². The van der Waals surface area contributed by atoms with Gasteiger partial charge < -0.3 is 14.9 Å². The van der Waals surface area contributed by atoms with E-state index in [2.05, 4.69) is 4.98 Å². The number of hydrogen-bond acceptors (Lipinski definition) is 5. The number of aliphatic carboxylic acids is 1. The van der Waals surface area contributed by atoms with Crippen LogP contribution in [0.2, 0.25) is 0 Å². The van der Waals surface area contributed by atoms with Crippen molar-refractivity contribution in [2.24, 2.45) is 11.3 Å². The SMILES string of the molecule is CN1CC2(CC2)CC(C(=O)O)C1C(=O)N1CCN(c2ncccc2C(F)(F)F)CC1. The van der Waals surface area contributed by atoms with Crippen LogP contribution in [0.15, 0.2) is 18.3 Å². The highest BCUT2D eigenvalue weighted by atomic mass is 19.4. The van der Waals surface area contributed by atoms with Gasteiger partial charge in [0.25, 0.3) is 0 Å². The van der Waals surface area contributed by atoms with E-state index in [9.17, 15) is 27.9 Å². The lowest BCUT2D eigenvalue weighted by Crippen LogP contribution is -2.60. The summed E-state index contributed by atoms with van der Waals surface area (Å²) in [5.41, 5.74) is -0.766. The van der Waals surface area contributed by atoms with Crippen LogP contribution < -0.4 is 4.90 Å². The van der Waals surface area contributed by atoms with Crippen molar-refractivity contribution in [3.8, 4) is 0 Å². The number of aromatic nitrogens is 1. The molecule has 10 heteroatoms. The number of rotatable bonds is 3. The first kappa shape index (κ1) is 20.9. The molecule has 1 amide bonds. The summed E-state index contributed by atoms with van der Waals surface area (Å²) in [6.07, 6.45) is -0.691. The Hall–Kier alpha value is -2.36. The minimum atomic E-state index is -4.51. The van der Waals surface area contributed by atoms with Crippen LogP contribution in [0.25, 0.3) is 0 Å². The molecule has 3 heterocycles. The number of carbonyl (C=O) groups excluding carboxylic acids is 1. The Balaban J connectivity index is 1.45. The third-order valence-electron chi connectivity index (χ3n) is 6.60. The molecule has 1 aliphatic carbocycles. The maximum absolute atomic E-state index is 13.3. The van der Waals surface area contributed by atoms with E-state index in [1.807, 2.05) is 4.90 Å². The van der Waals surface area contributed by atoms with E-state index in [0.29, 0.717) is 13.0 Å². The molecule has 2 aliphatic heterocycles. The Morgan fingerprint density at radius 3 is 2.43 bits per heavy atom. The van der Waals surface area contributed by atoms with E-state index >= 15 is 0 Å². The lowest BCUT2D eigenvalue weighted by atomic mass is 9.80. The molecular formula is C20H25F3N4O3. The van der Waals surface area contributed by atoms with Gasteiger partial charge in [-0.15, -0.1) is 0 Å². The van der Waals surface area contributed by atoms with E-state index < -0.39 is 29.7 Å². The van der Waals surface area contributed by atoms with E-state index in [1.54, 1.807) is 11.9 Å². The number of alkyl halides is 3. The predicted octanol–water partition coefficient (Wildman–Crippen LogP) is 1.93. The fraction of sp³-hybridized carbons (Fsp3) is 0.650. The topological polar surface area (TPSA) is 77.0 Å². The number of pyridine rings is 1. The summed E-state index contributed by atoms with van der Waals surface area (Å²) in [6.45, 7) is 1.59. The van der Waals surface area contributed by atoms with Crippen LogP contribution in [0, 0.1) is 11.3 Å². The van der Waals surface area contributed by atoms with Gasteiger partial charge in [-0.25, -0.2) is 4.98 Å². The van der Waals surface area contributed by atoms with E-state index in [4.69, 9.17) is 0 Å². The molecule has 2 saturated heterocycles. The molecule has 1 N–H and O–H groups in total. The molecule has 1 spiro atoms. The van der Waals surface area contributed by atoms with Crippen molar-refractivity contribution in [1.29, 1.82) is 0 Å². The predicted molar refractivity (Wildman–Crippen MR) is 102 cm³/mol. The molecule has 0 radical (unpaired) electrons. The Morgan fingerprint density at radius 1 is 1.20 bits per heavy atom. The van der Waals surface area contributed by atoms with Gasteiger partial charge in [-0.1, -0.05) is 0 Å². The molecule has 0 aromatic carbocycles. The molecular weight excluding hydrogens is 401 g/mol. The second-order valence-corrected chi connectivity index (χ2v) is 8.69. The second kappa shape index (κ2) is 7.40. The van der Waals surface area contributed by atoms with Crippen molar-refractivity contribution < 1.29 is 27.9 Å². The number of likely N-dealkylation sites (N-methyl/N-ethyl adjacent to an activating group) is 1. The molecule has 30 heavy (non-hydrogen) atoms. The highest BCUT2D eigenvalue weighted by Gasteiger charge is 2.55. The lowest BCUT2D eigenvalue weighted by molar-refractivity contribution is -0.156. The fourth-order valence-electron chi connectivity index (χ4n) is 4.90. The summed E-state index contributed by atoms with van der Waals surface area (Å²) in [4.78, 5) is 33.9. The largest absolute Gasteiger partial charge is 0.481 e. The Labute approximate surface area is 172 Å².